The van der Waals surface area contributed by atoms with Gasteiger partial charge >= 0.3 is 0 Å². The van der Waals surface area contributed by atoms with Gasteiger partial charge in [-0.3, -0.25) is 9.69 Å². The SMILES string of the molecule is CCN1Cc2ccccc2CC1C(=O)N(CCOC)Cc1cccs1. The molecule has 0 fully saturated rings. The fourth-order valence-electron chi connectivity index (χ4n) is 3.42. The Balaban J connectivity index is 1.79. The first-order valence-corrected chi connectivity index (χ1v) is 9.71. The summed E-state index contributed by atoms with van der Waals surface area (Å²) < 4.78 is 5.23. The van der Waals surface area contributed by atoms with E-state index in [9.17, 15) is 4.79 Å². The largest absolute Gasteiger partial charge is 0.383 e. The van der Waals surface area contributed by atoms with Crippen LogP contribution in [0.4, 0.5) is 0 Å². The van der Waals surface area contributed by atoms with Crippen LogP contribution in [0.15, 0.2) is 41.8 Å². The lowest BCUT2D eigenvalue weighted by Gasteiger charge is -2.38. The molecule has 0 N–H and O–H groups in total. The van der Waals surface area contributed by atoms with Crippen LogP contribution in [0.2, 0.25) is 0 Å². The average Bonchev–Trinajstić information content (AvgIpc) is 3.16. The first-order valence-electron chi connectivity index (χ1n) is 8.83. The zero-order chi connectivity index (χ0) is 17.6. The molecule has 1 aromatic heterocycles. The molecule has 0 radical (unpaired) electrons. The molecule has 1 aromatic carbocycles. The molecule has 0 bridgehead atoms. The van der Waals surface area contributed by atoms with Crippen molar-refractivity contribution in [2.45, 2.75) is 32.5 Å². The third kappa shape index (κ3) is 4.29. The van der Waals surface area contributed by atoms with Gasteiger partial charge in [-0.15, -0.1) is 11.3 Å². The van der Waals surface area contributed by atoms with Crippen LogP contribution < -0.4 is 0 Å². The van der Waals surface area contributed by atoms with Gasteiger partial charge in [0, 0.05) is 25.1 Å². The molecule has 1 amide bonds. The molecule has 4 nitrogen and oxygen atoms in total. The molecule has 1 aliphatic heterocycles. The number of hydrogen-bond donors (Lipinski definition) is 0. The van der Waals surface area contributed by atoms with Gasteiger partial charge < -0.3 is 9.64 Å². The first-order chi connectivity index (χ1) is 12.2. The Morgan fingerprint density at radius 1 is 1.28 bits per heavy atom. The molecule has 5 heteroatoms. The quantitative estimate of drug-likeness (QED) is 0.762. The molecule has 25 heavy (non-hydrogen) atoms. The monoisotopic (exact) mass is 358 g/mol. The summed E-state index contributed by atoms with van der Waals surface area (Å²) in [4.78, 5) is 18.8. The van der Waals surface area contributed by atoms with Crippen molar-refractivity contribution in [1.29, 1.82) is 0 Å². The lowest BCUT2D eigenvalue weighted by atomic mass is 9.93. The third-order valence-corrected chi connectivity index (χ3v) is 5.70. The summed E-state index contributed by atoms with van der Waals surface area (Å²) >= 11 is 1.70. The Kier molecular flexibility index (Phi) is 6.24. The van der Waals surface area contributed by atoms with Crippen LogP contribution in [0.3, 0.4) is 0 Å². The first kappa shape index (κ1) is 18.1. The van der Waals surface area contributed by atoms with Crippen molar-refractivity contribution in [3.8, 4) is 0 Å². The lowest BCUT2D eigenvalue weighted by Crippen LogP contribution is -2.51. The molecule has 2 heterocycles. The van der Waals surface area contributed by atoms with Gasteiger partial charge in [0.2, 0.25) is 5.91 Å². The van der Waals surface area contributed by atoms with Gasteiger partial charge in [-0.05, 0) is 35.5 Å². The van der Waals surface area contributed by atoms with E-state index in [1.807, 2.05) is 11.0 Å². The van der Waals surface area contributed by atoms with Gasteiger partial charge in [-0.1, -0.05) is 37.3 Å². The lowest BCUT2D eigenvalue weighted by molar-refractivity contribution is -0.138. The second kappa shape index (κ2) is 8.61. The number of likely N-dealkylation sites (N-methyl/N-ethyl adjacent to an activating group) is 1. The summed E-state index contributed by atoms with van der Waals surface area (Å²) in [6.45, 7) is 5.71. The van der Waals surface area contributed by atoms with Gasteiger partial charge in [0.25, 0.3) is 0 Å². The van der Waals surface area contributed by atoms with Crippen molar-refractivity contribution in [2.75, 3.05) is 26.8 Å². The van der Waals surface area contributed by atoms with E-state index in [1.54, 1.807) is 18.4 Å². The number of nitrogens with zero attached hydrogens (tertiary/aromatic N) is 2. The molecule has 134 valence electrons. The van der Waals surface area contributed by atoms with Crippen molar-refractivity contribution in [3.63, 3.8) is 0 Å². The minimum absolute atomic E-state index is 0.0864. The van der Waals surface area contributed by atoms with Gasteiger partial charge in [0.1, 0.15) is 0 Å². The third-order valence-electron chi connectivity index (χ3n) is 4.84. The van der Waals surface area contributed by atoms with Gasteiger partial charge in [-0.25, -0.2) is 0 Å². The standard InChI is InChI=1S/C20H26N2O2S/c1-3-21-14-17-8-5-4-7-16(17)13-19(21)20(23)22(10-11-24-2)15-18-9-6-12-25-18/h4-9,12,19H,3,10-11,13-15H2,1-2H3. The molecule has 0 saturated heterocycles. The van der Waals surface area contributed by atoms with Crippen molar-refractivity contribution in [1.82, 2.24) is 9.80 Å². The summed E-state index contributed by atoms with van der Waals surface area (Å²) in [5, 5.41) is 2.06. The zero-order valence-electron chi connectivity index (χ0n) is 15.0. The number of carbonyl (C=O) groups is 1. The summed E-state index contributed by atoms with van der Waals surface area (Å²) in [5.74, 6) is 0.210. The number of carbonyl (C=O) groups excluding carboxylic acids is 1. The number of benzene rings is 1. The van der Waals surface area contributed by atoms with Crippen LogP contribution in [0, 0.1) is 0 Å². The maximum atomic E-state index is 13.3. The van der Waals surface area contributed by atoms with Crippen LogP contribution >= 0.6 is 11.3 Å². The molecule has 1 atom stereocenters. The Morgan fingerprint density at radius 2 is 2.08 bits per heavy atom. The van der Waals surface area contributed by atoms with Gasteiger partial charge in [-0.2, -0.15) is 0 Å². The summed E-state index contributed by atoms with van der Waals surface area (Å²) in [5.41, 5.74) is 2.64. The van der Waals surface area contributed by atoms with Crippen LogP contribution in [-0.2, 0) is 29.0 Å². The molecular weight excluding hydrogens is 332 g/mol. The van der Waals surface area contributed by atoms with E-state index in [0.717, 1.165) is 19.5 Å². The highest BCUT2D eigenvalue weighted by Gasteiger charge is 2.33. The van der Waals surface area contributed by atoms with Crippen molar-refractivity contribution in [2.24, 2.45) is 0 Å². The van der Waals surface area contributed by atoms with Crippen LogP contribution in [0.1, 0.15) is 22.9 Å². The van der Waals surface area contributed by atoms with Crippen LogP contribution in [0.5, 0.6) is 0 Å². The van der Waals surface area contributed by atoms with Crippen molar-refractivity contribution < 1.29 is 9.53 Å². The number of amides is 1. The maximum absolute atomic E-state index is 13.3. The van der Waals surface area contributed by atoms with Gasteiger partial charge in [0.15, 0.2) is 0 Å². The second-order valence-corrected chi connectivity index (χ2v) is 7.42. The number of hydrogen-bond acceptors (Lipinski definition) is 4. The zero-order valence-corrected chi connectivity index (χ0v) is 15.8. The number of fused-ring (bicyclic) bond motifs is 1. The minimum atomic E-state index is -0.0864. The predicted octanol–water partition coefficient (Wildman–Crippen LogP) is 3.17. The Labute approximate surface area is 154 Å². The van der Waals surface area contributed by atoms with E-state index in [0.29, 0.717) is 19.7 Å². The summed E-state index contributed by atoms with van der Waals surface area (Å²) in [6.07, 6.45) is 0.788. The Morgan fingerprint density at radius 3 is 2.76 bits per heavy atom. The van der Waals surface area contributed by atoms with Gasteiger partial charge in [0.05, 0.1) is 19.2 Å². The molecule has 1 aliphatic rings. The molecular formula is C20H26N2O2S. The predicted molar refractivity (Wildman–Crippen MR) is 102 cm³/mol. The Hall–Kier alpha value is -1.69. The highest BCUT2D eigenvalue weighted by Crippen LogP contribution is 2.25. The number of methoxy groups -OCH3 is 1. The number of thiophene rings is 1. The summed E-state index contributed by atoms with van der Waals surface area (Å²) in [6, 6.07) is 12.5. The molecule has 0 saturated carbocycles. The second-order valence-electron chi connectivity index (χ2n) is 6.38. The average molecular weight is 359 g/mol. The van der Waals surface area contributed by atoms with Crippen LogP contribution in [-0.4, -0.2) is 48.6 Å². The van der Waals surface area contributed by atoms with E-state index in [-0.39, 0.29) is 11.9 Å². The fourth-order valence-corrected chi connectivity index (χ4v) is 4.14. The molecule has 0 spiro atoms. The molecule has 1 unspecified atom stereocenters. The maximum Gasteiger partial charge on any atom is 0.240 e. The molecule has 2 aromatic rings. The fraction of sp³-hybridized carbons (Fsp3) is 0.450. The van der Waals surface area contributed by atoms with Crippen molar-refractivity contribution in [3.05, 3.63) is 57.8 Å². The Bertz CT molecular complexity index is 687. The smallest absolute Gasteiger partial charge is 0.240 e. The number of rotatable bonds is 7. The topological polar surface area (TPSA) is 32.8 Å². The molecule has 0 aliphatic carbocycles. The summed E-state index contributed by atoms with van der Waals surface area (Å²) in [7, 11) is 1.68. The van der Waals surface area contributed by atoms with Crippen LogP contribution in [0.25, 0.3) is 0 Å². The normalized spacial score (nSPS) is 17.3. The molecule has 3 rings (SSSR count). The highest BCUT2D eigenvalue weighted by molar-refractivity contribution is 7.09. The van der Waals surface area contributed by atoms with Crippen molar-refractivity contribution >= 4 is 17.2 Å². The minimum Gasteiger partial charge on any atom is -0.383 e. The number of ether oxygens (including phenoxy) is 1. The van der Waals surface area contributed by atoms with E-state index >= 15 is 0 Å². The highest BCUT2D eigenvalue weighted by atomic mass is 32.1. The van der Waals surface area contributed by atoms with E-state index in [2.05, 4.69) is 47.5 Å². The van der Waals surface area contributed by atoms with E-state index in [4.69, 9.17) is 4.74 Å². The van der Waals surface area contributed by atoms with E-state index < -0.39 is 0 Å². The van der Waals surface area contributed by atoms with E-state index in [1.165, 1.54) is 16.0 Å².